The molecule has 8 heteroatoms. The Morgan fingerprint density at radius 1 is 1.16 bits per heavy atom. The molecule has 4 rings (SSSR count). The number of halogens is 1. The Morgan fingerprint density at radius 2 is 1.88 bits per heavy atom. The molecule has 0 amide bonds. The molecule has 0 bridgehead atoms. The fourth-order valence-electron chi connectivity index (χ4n) is 3.40. The van der Waals surface area contributed by atoms with Gasteiger partial charge in [0, 0.05) is 11.1 Å². The van der Waals surface area contributed by atoms with Crippen LogP contribution in [0.5, 0.6) is 5.75 Å². The molecule has 0 aliphatic heterocycles. The second-order valence-corrected chi connectivity index (χ2v) is 7.12. The largest absolute Gasteiger partial charge is 0.504 e. The van der Waals surface area contributed by atoms with Crippen LogP contribution in [0.1, 0.15) is 38.1 Å². The Bertz CT molecular complexity index is 937. The van der Waals surface area contributed by atoms with E-state index in [9.17, 15) is 5.11 Å². The molecule has 0 atom stereocenters. The minimum absolute atomic E-state index is 0.0704. The van der Waals surface area contributed by atoms with Gasteiger partial charge in [-0.15, -0.1) is 0 Å². The van der Waals surface area contributed by atoms with Crippen LogP contribution in [0.4, 0.5) is 0 Å². The number of nitrogens with one attached hydrogen (secondary N) is 1. The van der Waals surface area contributed by atoms with E-state index < -0.39 is 0 Å². The highest BCUT2D eigenvalue weighted by atomic mass is 35.5. The van der Waals surface area contributed by atoms with Gasteiger partial charge in [0.15, 0.2) is 22.0 Å². The predicted octanol–water partition coefficient (Wildman–Crippen LogP) is 4.66. The van der Waals surface area contributed by atoms with E-state index in [1.165, 1.54) is 19.3 Å². The van der Waals surface area contributed by atoms with Gasteiger partial charge >= 0.3 is 0 Å². The quantitative estimate of drug-likeness (QED) is 0.653. The van der Waals surface area contributed by atoms with Crippen molar-refractivity contribution < 1.29 is 5.11 Å². The van der Waals surface area contributed by atoms with Gasteiger partial charge in [0.05, 0.1) is 11.9 Å². The van der Waals surface area contributed by atoms with Crippen molar-refractivity contribution >= 4 is 23.8 Å². The first kappa shape index (κ1) is 16.4. The van der Waals surface area contributed by atoms with E-state index in [4.69, 9.17) is 23.8 Å². The number of hydrogen-bond acceptors (Lipinski definition) is 4. The maximum absolute atomic E-state index is 10.4. The number of H-pyrrole nitrogens is 1. The molecule has 1 aromatic carbocycles. The van der Waals surface area contributed by atoms with Gasteiger partial charge in [-0.25, -0.2) is 4.68 Å². The molecule has 130 valence electrons. The predicted molar refractivity (Wildman–Crippen MR) is 98.8 cm³/mol. The van der Waals surface area contributed by atoms with Crippen molar-refractivity contribution in [3.8, 4) is 23.0 Å². The van der Waals surface area contributed by atoms with Crippen molar-refractivity contribution in [1.29, 1.82) is 0 Å². The van der Waals surface area contributed by atoms with E-state index >= 15 is 0 Å². The molecule has 0 saturated heterocycles. The second kappa shape index (κ2) is 6.65. The van der Waals surface area contributed by atoms with Crippen LogP contribution in [0.15, 0.2) is 30.5 Å². The highest BCUT2D eigenvalue weighted by Crippen LogP contribution is 2.34. The molecule has 0 unspecified atom stereocenters. The molecule has 0 radical (unpaired) electrons. The fourth-order valence-corrected chi connectivity index (χ4v) is 3.81. The van der Waals surface area contributed by atoms with Crippen LogP contribution in [0.2, 0.25) is 5.02 Å². The zero-order valence-electron chi connectivity index (χ0n) is 13.5. The van der Waals surface area contributed by atoms with Gasteiger partial charge < -0.3 is 5.11 Å². The average molecular weight is 376 g/mol. The number of benzene rings is 1. The van der Waals surface area contributed by atoms with Crippen molar-refractivity contribution in [2.45, 2.75) is 38.1 Å². The minimum Gasteiger partial charge on any atom is -0.504 e. The van der Waals surface area contributed by atoms with Gasteiger partial charge in [-0.1, -0.05) is 30.9 Å². The summed E-state index contributed by atoms with van der Waals surface area (Å²) in [7, 11) is 0. The average Bonchev–Trinajstić information content (AvgIpc) is 3.19. The molecule has 1 aliphatic rings. The Balaban J connectivity index is 1.76. The maximum atomic E-state index is 10.4. The molecular weight excluding hydrogens is 358 g/mol. The number of aromatic nitrogens is 5. The summed E-state index contributed by atoms with van der Waals surface area (Å²) in [5.41, 5.74) is 1.23. The molecule has 1 aliphatic carbocycles. The molecule has 1 saturated carbocycles. The summed E-state index contributed by atoms with van der Waals surface area (Å²) in [6.45, 7) is 0. The first-order valence-electron chi connectivity index (χ1n) is 8.35. The molecule has 0 spiro atoms. The SMILES string of the molecule is Oc1cn(-c2ccc(Cl)cc2)nc1-c1n[nH]c(=S)n1C1CCCCC1. The van der Waals surface area contributed by atoms with E-state index in [0.717, 1.165) is 18.5 Å². The summed E-state index contributed by atoms with van der Waals surface area (Å²) in [6, 6.07) is 7.56. The van der Waals surface area contributed by atoms with E-state index in [-0.39, 0.29) is 5.75 Å². The van der Waals surface area contributed by atoms with Crippen molar-refractivity contribution in [3.05, 3.63) is 40.3 Å². The molecule has 6 nitrogen and oxygen atoms in total. The fraction of sp³-hybridized carbons (Fsp3) is 0.353. The summed E-state index contributed by atoms with van der Waals surface area (Å²) < 4.78 is 4.19. The van der Waals surface area contributed by atoms with Gasteiger partial charge in [0.1, 0.15) is 0 Å². The Hall–Kier alpha value is -2.12. The second-order valence-electron chi connectivity index (χ2n) is 6.30. The van der Waals surface area contributed by atoms with Crippen LogP contribution in [-0.4, -0.2) is 29.7 Å². The van der Waals surface area contributed by atoms with Gasteiger partial charge in [-0.2, -0.15) is 10.2 Å². The summed E-state index contributed by atoms with van der Waals surface area (Å²) in [4.78, 5) is 0. The molecule has 1 fully saturated rings. The molecule has 2 N–H and O–H groups in total. The summed E-state index contributed by atoms with van der Waals surface area (Å²) in [5.74, 6) is 0.656. The zero-order chi connectivity index (χ0) is 17.4. The molecule has 25 heavy (non-hydrogen) atoms. The van der Waals surface area contributed by atoms with E-state index in [2.05, 4.69) is 15.3 Å². The molecular formula is C17H18ClN5OS. The maximum Gasteiger partial charge on any atom is 0.195 e. The third-order valence-electron chi connectivity index (χ3n) is 4.64. The van der Waals surface area contributed by atoms with E-state index in [0.29, 0.717) is 27.4 Å². The third kappa shape index (κ3) is 3.09. The number of hydrogen-bond donors (Lipinski definition) is 2. The summed E-state index contributed by atoms with van der Waals surface area (Å²) >= 11 is 11.4. The third-order valence-corrected chi connectivity index (χ3v) is 5.18. The first-order valence-corrected chi connectivity index (χ1v) is 9.14. The smallest absolute Gasteiger partial charge is 0.195 e. The lowest BCUT2D eigenvalue weighted by molar-refractivity contribution is 0.352. The number of aromatic hydroxyl groups is 1. The number of rotatable bonds is 3. The molecule has 2 aromatic heterocycles. The van der Waals surface area contributed by atoms with E-state index in [1.54, 1.807) is 23.0 Å². The highest BCUT2D eigenvalue weighted by Gasteiger charge is 2.24. The monoisotopic (exact) mass is 375 g/mol. The normalized spacial score (nSPS) is 15.6. The lowest BCUT2D eigenvalue weighted by Crippen LogP contribution is -2.14. The highest BCUT2D eigenvalue weighted by molar-refractivity contribution is 7.71. The Kier molecular flexibility index (Phi) is 4.35. The number of aromatic amines is 1. The Morgan fingerprint density at radius 3 is 2.60 bits per heavy atom. The van der Waals surface area contributed by atoms with Crippen LogP contribution in [0.25, 0.3) is 17.2 Å². The van der Waals surface area contributed by atoms with Crippen LogP contribution < -0.4 is 0 Å². The van der Waals surface area contributed by atoms with Crippen molar-refractivity contribution in [2.24, 2.45) is 0 Å². The van der Waals surface area contributed by atoms with Crippen LogP contribution in [0.3, 0.4) is 0 Å². The lowest BCUT2D eigenvalue weighted by atomic mass is 9.95. The van der Waals surface area contributed by atoms with Gasteiger partial charge in [0.25, 0.3) is 0 Å². The van der Waals surface area contributed by atoms with Gasteiger partial charge in [0.2, 0.25) is 0 Å². The summed E-state index contributed by atoms with van der Waals surface area (Å²) in [6.07, 6.45) is 7.33. The van der Waals surface area contributed by atoms with Gasteiger partial charge in [-0.3, -0.25) is 9.67 Å². The van der Waals surface area contributed by atoms with Crippen LogP contribution in [0, 0.1) is 4.77 Å². The van der Waals surface area contributed by atoms with Crippen LogP contribution in [-0.2, 0) is 0 Å². The van der Waals surface area contributed by atoms with Crippen LogP contribution >= 0.6 is 23.8 Å². The molecule has 2 heterocycles. The van der Waals surface area contributed by atoms with Gasteiger partial charge in [-0.05, 0) is 49.3 Å². The standard InChI is InChI=1S/C17H18ClN5OS/c18-11-6-8-12(9-7-11)22-10-14(24)15(21-22)16-19-20-17(25)23(16)13-4-2-1-3-5-13/h6-10,13,24H,1-5H2,(H,20,25). The van der Waals surface area contributed by atoms with Crippen molar-refractivity contribution in [3.63, 3.8) is 0 Å². The number of nitrogens with zero attached hydrogens (tertiary/aromatic N) is 4. The minimum atomic E-state index is 0.0704. The van der Waals surface area contributed by atoms with E-state index in [1.807, 2.05) is 16.7 Å². The summed E-state index contributed by atoms with van der Waals surface area (Å²) in [5, 5.41) is 22.8. The van der Waals surface area contributed by atoms with Crippen molar-refractivity contribution in [2.75, 3.05) is 0 Å². The zero-order valence-corrected chi connectivity index (χ0v) is 15.1. The first-order chi connectivity index (χ1) is 12.1. The topological polar surface area (TPSA) is 71.7 Å². The Labute approximate surface area is 155 Å². The lowest BCUT2D eigenvalue weighted by Gasteiger charge is -2.23. The van der Waals surface area contributed by atoms with Crippen molar-refractivity contribution in [1.82, 2.24) is 24.5 Å². The molecule has 3 aromatic rings.